The molecule has 0 spiro atoms. The van der Waals surface area contributed by atoms with Crippen molar-refractivity contribution in [3.8, 4) is 0 Å². The number of carbonyl (C=O) groups excluding carboxylic acids is 1. The molecule has 1 atom stereocenters. The van der Waals surface area contributed by atoms with E-state index < -0.39 is 0 Å². The van der Waals surface area contributed by atoms with Gasteiger partial charge in [-0.2, -0.15) is 0 Å². The minimum atomic E-state index is 0.0758. The molecule has 3 heteroatoms. The third-order valence-electron chi connectivity index (χ3n) is 3.03. The number of nitrogens with two attached hydrogens (primary N) is 1. The largest absolute Gasteiger partial charge is 0.350 e. The van der Waals surface area contributed by atoms with Gasteiger partial charge in [-0.3, -0.25) is 4.79 Å². The van der Waals surface area contributed by atoms with E-state index in [1.54, 1.807) is 0 Å². The summed E-state index contributed by atoms with van der Waals surface area (Å²) < 4.78 is 0. The van der Waals surface area contributed by atoms with Crippen molar-refractivity contribution >= 4 is 5.91 Å². The Balaban J connectivity index is 2.35. The minimum Gasteiger partial charge on any atom is -0.350 e. The Kier molecular flexibility index (Phi) is 6.44. The summed E-state index contributed by atoms with van der Waals surface area (Å²) >= 11 is 0. The topological polar surface area (TPSA) is 55.1 Å². The number of amides is 1. The van der Waals surface area contributed by atoms with Crippen molar-refractivity contribution in [1.29, 1.82) is 0 Å². The lowest BCUT2D eigenvalue weighted by molar-refractivity contribution is -0.121. The number of nitrogens with one attached hydrogen (secondary N) is 1. The number of unbranched alkanes of at least 4 members (excludes halogenated alkanes) is 2. The third kappa shape index (κ3) is 5.32. The zero-order valence-electron chi connectivity index (χ0n) is 11.4. The first-order chi connectivity index (χ1) is 8.63. The fraction of sp³-hybridized carbons (Fsp3) is 0.533. The Hall–Kier alpha value is -1.35. The fourth-order valence-electron chi connectivity index (χ4n) is 1.94. The summed E-state index contributed by atoms with van der Waals surface area (Å²) in [6, 6.07) is 8.32. The highest BCUT2D eigenvalue weighted by atomic mass is 16.1. The van der Waals surface area contributed by atoms with Gasteiger partial charge in [-0.05, 0) is 38.8 Å². The molecule has 0 heterocycles. The van der Waals surface area contributed by atoms with Gasteiger partial charge in [0.2, 0.25) is 5.91 Å². The Morgan fingerprint density at radius 2 is 2.11 bits per heavy atom. The lowest BCUT2D eigenvalue weighted by Gasteiger charge is -2.14. The first-order valence-corrected chi connectivity index (χ1v) is 6.69. The highest BCUT2D eigenvalue weighted by Crippen LogP contribution is 2.14. The van der Waals surface area contributed by atoms with Crippen LogP contribution in [0.4, 0.5) is 0 Å². The van der Waals surface area contributed by atoms with E-state index in [2.05, 4.69) is 24.4 Å². The van der Waals surface area contributed by atoms with Gasteiger partial charge in [-0.15, -0.1) is 0 Å². The zero-order valence-corrected chi connectivity index (χ0v) is 11.4. The van der Waals surface area contributed by atoms with Gasteiger partial charge in [0.15, 0.2) is 0 Å². The summed E-state index contributed by atoms with van der Waals surface area (Å²) in [5, 5.41) is 3.03. The number of hydrogen-bond acceptors (Lipinski definition) is 2. The summed E-state index contributed by atoms with van der Waals surface area (Å²) in [5.41, 5.74) is 7.79. The number of hydrogen-bond donors (Lipinski definition) is 2. The number of rotatable bonds is 7. The maximum Gasteiger partial charge on any atom is 0.220 e. The maximum atomic E-state index is 11.7. The summed E-state index contributed by atoms with van der Waals surface area (Å²) in [4.78, 5) is 11.7. The van der Waals surface area contributed by atoms with Crippen molar-refractivity contribution in [2.75, 3.05) is 6.54 Å². The van der Waals surface area contributed by atoms with Crippen LogP contribution in [-0.2, 0) is 4.79 Å². The molecule has 0 aliphatic carbocycles. The molecule has 0 aliphatic rings. The molecule has 0 fully saturated rings. The van der Waals surface area contributed by atoms with Crippen LogP contribution in [0.15, 0.2) is 24.3 Å². The van der Waals surface area contributed by atoms with Crippen LogP contribution in [0.5, 0.6) is 0 Å². The van der Waals surface area contributed by atoms with Gasteiger partial charge in [-0.25, -0.2) is 0 Å². The minimum absolute atomic E-state index is 0.0758. The summed E-state index contributed by atoms with van der Waals surface area (Å²) in [6.07, 6.45) is 3.54. The molecule has 1 amide bonds. The van der Waals surface area contributed by atoms with Crippen molar-refractivity contribution in [3.05, 3.63) is 35.4 Å². The van der Waals surface area contributed by atoms with E-state index in [1.165, 1.54) is 5.56 Å². The van der Waals surface area contributed by atoms with Crippen LogP contribution >= 0.6 is 0 Å². The first kappa shape index (κ1) is 14.7. The summed E-state index contributed by atoms with van der Waals surface area (Å²) in [5.74, 6) is 0.126. The molecule has 0 bridgehead atoms. The summed E-state index contributed by atoms with van der Waals surface area (Å²) in [6.45, 7) is 4.79. The van der Waals surface area contributed by atoms with Crippen LogP contribution in [0, 0.1) is 6.92 Å². The highest BCUT2D eigenvalue weighted by molar-refractivity contribution is 5.76. The molecule has 0 aliphatic heterocycles. The highest BCUT2D eigenvalue weighted by Gasteiger charge is 2.08. The van der Waals surface area contributed by atoms with Gasteiger partial charge < -0.3 is 11.1 Å². The Labute approximate surface area is 110 Å². The first-order valence-electron chi connectivity index (χ1n) is 6.69. The van der Waals surface area contributed by atoms with Crippen molar-refractivity contribution in [2.24, 2.45) is 5.73 Å². The molecule has 3 nitrogen and oxygen atoms in total. The van der Waals surface area contributed by atoms with E-state index in [0.717, 1.165) is 24.8 Å². The van der Waals surface area contributed by atoms with Gasteiger partial charge in [0, 0.05) is 6.42 Å². The molecule has 0 saturated heterocycles. The number of carbonyl (C=O) groups is 1. The van der Waals surface area contributed by atoms with E-state index in [9.17, 15) is 4.79 Å². The SMILES string of the molecule is Cc1cccc([C@@H](C)NC(=O)CCCCCN)c1. The van der Waals surface area contributed by atoms with Gasteiger partial charge >= 0.3 is 0 Å². The van der Waals surface area contributed by atoms with Crippen molar-refractivity contribution in [1.82, 2.24) is 5.32 Å². The van der Waals surface area contributed by atoms with Crippen molar-refractivity contribution < 1.29 is 4.79 Å². The molecule has 1 aromatic rings. The number of benzene rings is 1. The second-order valence-electron chi connectivity index (χ2n) is 4.80. The third-order valence-corrected chi connectivity index (χ3v) is 3.03. The van der Waals surface area contributed by atoms with Crippen LogP contribution in [0.25, 0.3) is 0 Å². The predicted octanol–water partition coefficient (Wildman–Crippen LogP) is 2.69. The maximum absolute atomic E-state index is 11.7. The average Bonchev–Trinajstić information content (AvgIpc) is 2.34. The Morgan fingerprint density at radius 3 is 2.78 bits per heavy atom. The van der Waals surface area contributed by atoms with E-state index in [-0.39, 0.29) is 11.9 Å². The normalized spacial score (nSPS) is 12.2. The monoisotopic (exact) mass is 248 g/mol. The van der Waals surface area contributed by atoms with E-state index in [0.29, 0.717) is 13.0 Å². The van der Waals surface area contributed by atoms with Gasteiger partial charge in [0.1, 0.15) is 0 Å². The standard InChI is InChI=1S/C15H24N2O/c1-12-7-6-8-14(11-12)13(2)17-15(18)9-4-3-5-10-16/h6-8,11,13H,3-5,9-10,16H2,1-2H3,(H,17,18)/t13-/m1/s1. The Morgan fingerprint density at radius 1 is 1.33 bits per heavy atom. The second kappa shape index (κ2) is 7.88. The van der Waals surface area contributed by atoms with E-state index in [1.807, 2.05) is 19.1 Å². The van der Waals surface area contributed by atoms with Gasteiger partial charge in [0.25, 0.3) is 0 Å². The summed E-state index contributed by atoms with van der Waals surface area (Å²) in [7, 11) is 0. The molecule has 18 heavy (non-hydrogen) atoms. The number of aryl methyl sites for hydroxylation is 1. The molecule has 1 aromatic carbocycles. The molecule has 100 valence electrons. The molecule has 0 radical (unpaired) electrons. The lowest BCUT2D eigenvalue weighted by Crippen LogP contribution is -2.26. The molecule has 0 saturated carbocycles. The zero-order chi connectivity index (χ0) is 13.4. The fourth-order valence-corrected chi connectivity index (χ4v) is 1.94. The molecule has 0 unspecified atom stereocenters. The predicted molar refractivity (Wildman–Crippen MR) is 75.3 cm³/mol. The molecular formula is C15H24N2O. The van der Waals surface area contributed by atoms with Gasteiger partial charge in [0.05, 0.1) is 6.04 Å². The second-order valence-corrected chi connectivity index (χ2v) is 4.80. The van der Waals surface area contributed by atoms with Crippen LogP contribution < -0.4 is 11.1 Å². The van der Waals surface area contributed by atoms with Crippen molar-refractivity contribution in [2.45, 2.75) is 45.6 Å². The average molecular weight is 248 g/mol. The molecular weight excluding hydrogens is 224 g/mol. The molecule has 3 N–H and O–H groups in total. The van der Waals surface area contributed by atoms with Crippen LogP contribution in [0.3, 0.4) is 0 Å². The van der Waals surface area contributed by atoms with E-state index in [4.69, 9.17) is 5.73 Å². The van der Waals surface area contributed by atoms with Crippen molar-refractivity contribution in [3.63, 3.8) is 0 Å². The Bertz CT molecular complexity index is 377. The smallest absolute Gasteiger partial charge is 0.220 e. The molecule has 0 aromatic heterocycles. The molecule has 1 rings (SSSR count). The quantitative estimate of drug-likeness (QED) is 0.729. The van der Waals surface area contributed by atoms with Crippen LogP contribution in [0.2, 0.25) is 0 Å². The van der Waals surface area contributed by atoms with Crippen LogP contribution in [-0.4, -0.2) is 12.5 Å². The van der Waals surface area contributed by atoms with Crippen LogP contribution in [0.1, 0.15) is 49.8 Å². The lowest BCUT2D eigenvalue weighted by atomic mass is 10.1. The van der Waals surface area contributed by atoms with Gasteiger partial charge in [-0.1, -0.05) is 36.2 Å². The van der Waals surface area contributed by atoms with E-state index >= 15 is 0 Å².